The minimum absolute atomic E-state index is 0.0713. The van der Waals surface area contributed by atoms with Crippen molar-refractivity contribution in [3.8, 4) is 5.69 Å². The minimum atomic E-state index is -1.04. The Morgan fingerprint density at radius 1 is 1.26 bits per heavy atom. The fourth-order valence-electron chi connectivity index (χ4n) is 2.89. The zero-order valence-corrected chi connectivity index (χ0v) is 19.5. The van der Waals surface area contributed by atoms with Crippen LogP contribution in [0.3, 0.4) is 0 Å². The van der Waals surface area contributed by atoms with E-state index in [2.05, 4.69) is 10.1 Å². The summed E-state index contributed by atoms with van der Waals surface area (Å²) in [4.78, 5) is 17.9. The molecule has 164 valence electrons. The molecule has 1 aromatic carbocycles. The number of pyridine rings is 1. The Morgan fingerprint density at radius 2 is 2.00 bits per heavy atom. The van der Waals surface area contributed by atoms with E-state index < -0.39 is 11.9 Å². The fraction of sp³-hybridized carbons (Fsp3) is 0.286. The molecule has 0 saturated heterocycles. The van der Waals surface area contributed by atoms with Crippen molar-refractivity contribution in [1.29, 1.82) is 0 Å². The van der Waals surface area contributed by atoms with Crippen molar-refractivity contribution in [2.75, 3.05) is 6.54 Å². The predicted octanol–water partition coefficient (Wildman–Crippen LogP) is 6.39. The van der Waals surface area contributed by atoms with E-state index >= 15 is 0 Å². The van der Waals surface area contributed by atoms with Crippen molar-refractivity contribution >= 4 is 41.1 Å². The molecule has 3 aromatic rings. The summed E-state index contributed by atoms with van der Waals surface area (Å²) >= 11 is 13.4. The van der Waals surface area contributed by atoms with Gasteiger partial charge in [0.25, 0.3) is 0 Å². The summed E-state index contributed by atoms with van der Waals surface area (Å²) < 4.78 is 15.6. The number of rotatable bonds is 6. The van der Waals surface area contributed by atoms with Gasteiger partial charge in [-0.15, -0.1) is 0 Å². The van der Waals surface area contributed by atoms with E-state index in [0.29, 0.717) is 28.1 Å². The molecule has 0 radical (unpaired) electrons. The smallest absolute Gasteiger partial charge is 0.407 e. The molecule has 0 bridgehead atoms. The highest BCUT2D eigenvalue weighted by Gasteiger charge is 2.23. The van der Waals surface area contributed by atoms with Crippen LogP contribution in [0, 0.1) is 11.2 Å². The van der Waals surface area contributed by atoms with Crippen LogP contribution in [-0.2, 0) is 6.54 Å². The lowest BCUT2D eigenvalue weighted by molar-refractivity contribution is 0.122. The first kappa shape index (κ1) is 23.4. The number of hydrogen-bond donors (Lipinski definition) is 1. The van der Waals surface area contributed by atoms with Gasteiger partial charge in [-0.1, -0.05) is 61.8 Å². The maximum atomic E-state index is 14.1. The molecule has 0 spiro atoms. The first-order valence-electron chi connectivity index (χ1n) is 9.34. The quantitative estimate of drug-likeness (QED) is 0.412. The molecule has 0 atom stereocenters. The topological polar surface area (TPSA) is 71.2 Å². The van der Waals surface area contributed by atoms with Crippen molar-refractivity contribution in [3.63, 3.8) is 0 Å². The summed E-state index contributed by atoms with van der Waals surface area (Å²) in [6.45, 7) is 6.30. The molecule has 1 N–H and O–H groups in total. The largest absolute Gasteiger partial charge is 0.465 e. The third-order valence-electron chi connectivity index (χ3n) is 4.10. The van der Waals surface area contributed by atoms with Crippen LogP contribution in [0.1, 0.15) is 26.5 Å². The van der Waals surface area contributed by atoms with Gasteiger partial charge in [0, 0.05) is 17.6 Å². The second kappa shape index (κ2) is 9.46. The molecule has 0 saturated carbocycles. The molecule has 2 aromatic heterocycles. The van der Waals surface area contributed by atoms with E-state index in [9.17, 15) is 14.3 Å². The predicted molar refractivity (Wildman–Crippen MR) is 120 cm³/mol. The lowest BCUT2D eigenvalue weighted by Gasteiger charge is -2.27. The monoisotopic (exact) mass is 482 g/mol. The molecule has 3 rings (SSSR count). The van der Waals surface area contributed by atoms with Crippen molar-refractivity contribution in [2.45, 2.75) is 37.2 Å². The Morgan fingerprint density at radius 3 is 2.61 bits per heavy atom. The zero-order valence-electron chi connectivity index (χ0n) is 17.1. The van der Waals surface area contributed by atoms with E-state index in [0.717, 1.165) is 4.90 Å². The number of halogens is 3. The molecule has 0 aliphatic heterocycles. The molecule has 31 heavy (non-hydrogen) atoms. The fourth-order valence-corrected chi connectivity index (χ4v) is 4.11. The Hall–Kier alpha value is -2.29. The highest BCUT2D eigenvalue weighted by molar-refractivity contribution is 7.99. The second-order valence-corrected chi connectivity index (χ2v) is 9.94. The number of benzene rings is 1. The van der Waals surface area contributed by atoms with Crippen molar-refractivity contribution in [2.24, 2.45) is 5.41 Å². The Labute approximate surface area is 194 Å². The van der Waals surface area contributed by atoms with Gasteiger partial charge < -0.3 is 10.0 Å². The van der Waals surface area contributed by atoms with Crippen LogP contribution in [0.4, 0.5) is 9.18 Å². The van der Waals surface area contributed by atoms with Crippen LogP contribution in [0.2, 0.25) is 10.2 Å². The van der Waals surface area contributed by atoms with Gasteiger partial charge in [0.1, 0.15) is 21.0 Å². The first-order valence-corrected chi connectivity index (χ1v) is 10.9. The van der Waals surface area contributed by atoms with Crippen LogP contribution >= 0.6 is 35.0 Å². The lowest BCUT2D eigenvalue weighted by Crippen LogP contribution is -2.36. The van der Waals surface area contributed by atoms with E-state index in [1.54, 1.807) is 36.5 Å². The zero-order chi connectivity index (χ0) is 22.8. The number of nitrogens with zero attached hydrogens (tertiary/aromatic N) is 4. The van der Waals surface area contributed by atoms with E-state index in [1.807, 2.05) is 20.8 Å². The molecule has 6 nitrogen and oxygen atoms in total. The molecule has 0 unspecified atom stereocenters. The third kappa shape index (κ3) is 6.12. The number of carbonyl (C=O) groups is 1. The van der Waals surface area contributed by atoms with Crippen LogP contribution in [0.5, 0.6) is 0 Å². The van der Waals surface area contributed by atoms with Gasteiger partial charge in [0.05, 0.1) is 17.9 Å². The van der Waals surface area contributed by atoms with Gasteiger partial charge >= 0.3 is 6.09 Å². The van der Waals surface area contributed by atoms with Crippen LogP contribution in [0.15, 0.2) is 52.5 Å². The number of carboxylic acid groups (broad SMARTS) is 1. The highest BCUT2D eigenvalue weighted by atomic mass is 35.5. The lowest BCUT2D eigenvalue weighted by atomic mass is 9.96. The molecule has 1 amide bonds. The van der Waals surface area contributed by atoms with Gasteiger partial charge in [0.2, 0.25) is 0 Å². The summed E-state index contributed by atoms with van der Waals surface area (Å²) in [5.41, 5.74) is 0.644. The van der Waals surface area contributed by atoms with Crippen molar-refractivity contribution < 1.29 is 14.3 Å². The van der Waals surface area contributed by atoms with Crippen LogP contribution in [-0.4, -0.2) is 37.4 Å². The van der Waals surface area contributed by atoms with Crippen molar-refractivity contribution in [3.05, 3.63) is 64.3 Å². The maximum Gasteiger partial charge on any atom is 0.407 e. The average Bonchev–Trinajstić information content (AvgIpc) is 3.06. The Balaban J connectivity index is 2.01. The molecule has 0 fully saturated rings. The number of hydrogen-bond acceptors (Lipinski definition) is 4. The molecule has 0 aliphatic carbocycles. The SMILES string of the molecule is CC(C)(C)CN(Cc1cc(Sc2ccc(Cl)nc2)n(-c2cccc(F)c2Cl)n1)C(=O)O. The molecule has 0 aliphatic rings. The van der Waals surface area contributed by atoms with E-state index in [1.165, 1.54) is 27.4 Å². The van der Waals surface area contributed by atoms with Crippen LogP contribution < -0.4 is 0 Å². The Kier molecular flexibility index (Phi) is 7.13. The molecule has 10 heteroatoms. The maximum absolute atomic E-state index is 14.1. The normalized spacial score (nSPS) is 11.5. The number of amides is 1. The standard InChI is InChI=1S/C21H21Cl2FN4O2S/c1-21(2,3)12-27(20(29)30)11-13-9-18(31-14-7-8-17(22)25-10-14)28(26-13)16-6-4-5-15(24)19(16)23/h4-10H,11-12H2,1-3H3,(H,29,30). The van der Waals surface area contributed by atoms with E-state index in [-0.39, 0.29) is 17.0 Å². The van der Waals surface area contributed by atoms with Gasteiger partial charge in [-0.3, -0.25) is 0 Å². The average molecular weight is 483 g/mol. The van der Waals surface area contributed by atoms with Gasteiger partial charge in [-0.25, -0.2) is 18.9 Å². The summed E-state index contributed by atoms with van der Waals surface area (Å²) in [5, 5.41) is 15.1. The summed E-state index contributed by atoms with van der Waals surface area (Å²) in [7, 11) is 0. The minimum Gasteiger partial charge on any atom is -0.465 e. The molecular formula is C21H21Cl2FN4O2S. The van der Waals surface area contributed by atoms with Crippen molar-refractivity contribution in [1.82, 2.24) is 19.7 Å². The molecule has 2 heterocycles. The summed E-state index contributed by atoms with van der Waals surface area (Å²) in [6, 6.07) is 9.68. The Bertz CT molecular complexity index is 1080. The first-order chi connectivity index (χ1) is 14.5. The van der Waals surface area contributed by atoms with Gasteiger partial charge in [-0.2, -0.15) is 5.10 Å². The summed E-state index contributed by atoms with van der Waals surface area (Å²) in [5.74, 6) is -0.569. The third-order valence-corrected chi connectivity index (χ3v) is 5.67. The van der Waals surface area contributed by atoms with Gasteiger partial charge in [0.15, 0.2) is 0 Å². The summed E-state index contributed by atoms with van der Waals surface area (Å²) in [6.07, 6.45) is 0.574. The van der Waals surface area contributed by atoms with Gasteiger partial charge in [-0.05, 0) is 35.7 Å². The highest BCUT2D eigenvalue weighted by Crippen LogP contribution is 2.33. The van der Waals surface area contributed by atoms with E-state index in [4.69, 9.17) is 23.2 Å². The molecular weight excluding hydrogens is 462 g/mol. The van der Waals surface area contributed by atoms with Crippen LogP contribution in [0.25, 0.3) is 5.69 Å². The second-order valence-electron chi connectivity index (χ2n) is 8.08. The number of aromatic nitrogens is 3.